The van der Waals surface area contributed by atoms with Crippen molar-refractivity contribution in [1.29, 1.82) is 0 Å². The van der Waals surface area contributed by atoms with Crippen LogP contribution < -0.4 is 4.90 Å². The zero-order valence-electron chi connectivity index (χ0n) is 18.1. The van der Waals surface area contributed by atoms with Gasteiger partial charge >= 0.3 is 0 Å². The SMILES string of the molecule is CCCn1cc(C(=O)N2CCSCC2)c(S(=O)(=O)N2CCN(c3cccc(Cl)c3)CC2)n1. The number of aromatic nitrogens is 2. The number of benzene rings is 1. The number of halogens is 1. The summed E-state index contributed by atoms with van der Waals surface area (Å²) in [4.78, 5) is 17.0. The number of carbonyl (C=O) groups excluding carboxylic acids is 1. The number of aryl methyl sites for hydroxylation is 1. The summed E-state index contributed by atoms with van der Waals surface area (Å²) in [6.45, 7) is 5.54. The fourth-order valence-electron chi connectivity index (χ4n) is 4.00. The molecule has 0 radical (unpaired) electrons. The van der Waals surface area contributed by atoms with Crippen LogP contribution in [0.2, 0.25) is 5.02 Å². The molecule has 0 bridgehead atoms. The number of anilines is 1. The van der Waals surface area contributed by atoms with E-state index in [0.717, 1.165) is 23.6 Å². The van der Waals surface area contributed by atoms with Gasteiger partial charge in [0.25, 0.3) is 15.9 Å². The van der Waals surface area contributed by atoms with Gasteiger partial charge in [-0.1, -0.05) is 24.6 Å². The lowest BCUT2D eigenvalue weighted by molar-refractivity contribution is 0.0768. The fourth-order valence-corrected chi connectivity index (χ4v) is 6.61. The molecule has 0 spiro atoms. The van der Waals surface area contributed by atoms with Crippen LogP contribution in [-0.4, -0.2) is 84.1 Å². The second-order valence-electron chi connectivity index (χ2n) is 7.89. The second kappa shape index (κ2) is 10.0. The van der Waals surface area contributed by atoms with Crippen LogP contribution in [0.4, 0.5) is 5.69 Å². The topological polar surface area (TPSA) is 78.8 Å². The highest BCUT2D eigenvalue weighted by atomic mass is 35.5. The van der Waals surface area contributed by atoms with Crippen molar-refractivity contribution in [2.75, 3.05) is 55.7 Å². The summed E-state index contributed by atoms with van der Waals surface area (Å²) in [6.07, 6.45) is 2.40. The number of piperazine rings is 1. The highest BCUT2D eigenvalue weighted by Gasteiger charge is 2.36. The van der Waals surface area contributed by atoms with Crippen molar-refractivity contribution >= 4 is 45.0 Å². The second-order valence-corrected chi connectivity index (χ2v) is 11.4. The number of hydrogen-bond donors (Lipinski definition) is 0. The maximum atomic E-state index is 13.5. The van der Waals surface area contributed by atoms with Crippen LogP contribution >= 0.6 is 23.4 Å². The molecule has 0 saturated carbocycles. The van der Waals surface area contributed by atoms with Gasteiger partial charge in [0, 0.05) is 74.2 Å². The quantitative estimate of drug-likeness (QED) is 0.610. The summed E-state index contributed by atoms with van der Waals surface area (Å²) in [7, 11) is -3.89. The Morgan fingerprint density at radius 2 is 1.84 bits per heavy atom. The van der Waals surface area contributed by atoms with Crippen LogP contribution in [0.25, 0.3) is 0 Å². The Kier molecular flexibility index (Phi) is 7.34. The molecular formula is C21H28ClN5O3S2. The van der Waals surface area contributed by atoms with Crippen LogP contribution in [0, 0.1) is 0 Å². The molecular weight excluding hydrogens is 470 g/mol. The maximum absolute atomic E-state index is 13.5. The van der Waals surface area contributed by atoms with Crippen molar-refractivity contribution in [3.05, 3.63) is 41.0 Å². The smallest absolute Gasteiger partial charge is 0.263 e. The molecule has 2 aliphatic heterocycles. The van der Waals surface area contributed by atoms with Gasteiger partial charge in [0.2, 0.25) is 5.03 Å². The molecule has 0 atom stereocenters. The first-order chi connectivity index (χ1) is 15.4. The molecule has 4 rings (SSSR count). The summed E-state index contributed by atoms with van der Waals surface area (Å²) in [5.41, 5.74) is 1.16. The monoisotopic (exact) mass is 497 g/mol. The summed E-state index contributed by atoms with van der Waals surface area (Å²) >= 11 is 7.91. The van der Waals surface area contributed by atoms with Gasteiger partial charge in [-0.3, -0.25) is 9.48 Å². The van der Waals surface area contributed by atoms with E-state index in [1.165, 1.54) is 4.31 Å². The minimum atomic E-state index is -3.89. The van der Waals surface area contributed by atoms with Gasteiger partial charge in [-0.25, -0.2) is 8.42 Å². The first-order valence-corrected chi connectivity index (χ1v) is 13.8. The molecule has 11 heteroatoms. The Labute approximate surface area is 198 Å². The van der Waals surface area contributed by atoms with Crippen molar-refractivity contribution in [1.82, 2.24) is 19.0 Å². The van der Waals surface area contributed by atoms with Crippen LogP contribution in [0.5, 0.6) is 0 Å². The zero-order chi connectivity index (χ0) is 22.7. The van der Waals surface area contributed by atoms with Gasteiger partial charge < -0.3 is 9.80 Å². The van der Waals surface area contributed by atoms with Gasteiger partial charge in [-0.15, -0.1) is 0 Å². The molecule has 8 nitrogen and oxygen atoms in total. The molecule has 2 aromatic rings. The lowest BCUT2D eigenvalue weighted by Gasteiger charge is -2.35. The van der Waals surface area contributed by atoms with Gasteiger partial charge in [-0.2, -0.15) is 21.2 Å². The molecule has 2 fully saturated rings. The van der Waals surface area contributed by atoms with Crippen molar-refractivity contribution in [3.63, 3.8) is 0 Å². The van der Waals surface area contributed by atoms with Crippen LogP contribution in [0.3, 0.4) is 0 Å². The number of nitrogens with zero attached hydrogens (tertiary/aromatic N) is 5. The summed E-state index contributed by atoms with van der Waals surface area (Å²) in [5, 5.41) is 4.89. The van der Waals surface area contributed by atoms with E-state index >= 15 is 0 Å². The van der Waals surface area contributed by atoms with Crippen LogP contribution in [-0.2, 0) is 16.6 Å². The van der Waals surface area contributed by atoms with E-state index < -0.39 is 10.0 Å². The predicted molar refractivity (Wildman–Crippen MR) is 128 cm³/mol. The van der Waals surface area contributed by atoms with E-state index in [0.29, 0.717) is 50.8 Å². The fraction of sp³-hybridized carbons (Fsp3) is 0.524. The number of rotatable bonds is 6. The Morgan fingerprint density at radius 1 is 1.12 bits per heavy atom. The lowest BCUT2D eigenvalue weighted by Crippen LogP contribution is -2.49. The highest BCUT2D eigenvalue weighted by molar-refractivity contribution is 7.99. The van der Waals surface area contributed by atoms with Gasteiger partial charge in [0.1, 0.15) is 0 Å². The standard InChI is InChI=1S/C21H28ClN5O3S2/c1-2-6-26-16-19(21(28)25-11-13-31-14-12-25)20(23-26)32(29,30)27-9-7-24(8-10-27)18-5-3-4-17(22)15-18/h3-5,15-16H,2,6-14H2,1H3. The molecule has 0 N–H and O–H groups in total. The maximum Gasteiger partial charge on any atom is 0.263 e. The van der Waals surface area contributed by atoms with E-state index in [9.17, 15) is 13.2 Å². The molecule has 0 unspecified atom stereocenters. The van der Waals surface area contributed by atoms with Crippen molar-refractivity contribution < 1.29 is 13.2 Å². The molecule has 1 amide bonds. The van der Waals surface area contributed by atoms with E-state index in [2.05, 4.69) is 10.00 Å². The van der Waals surface area contributed by atoms with E-state index in [1.54, 1.807) is 27.5 Å². The lowest BCUT2D eigenvalue weighted by atomic mass is 10.2. The normalized spacial score (nSPS) is 18.2. The number of thioether (sulfide) groups is 1. The largest absolute Gasteiger partial charge is 0.369 e. The highest BCUT2D eigenvalue weighted by Crippen LogP contribution is 2.25. The zero-order valence-corrected chi connectivity index (χ0v) is 20.5. The minimum absolute atomic E-state index is 0.120. The Hall–Kier alpha value is -1.75. The third-order valence-electron chi connectivity index (χ3n) is 5.71. The van der Waals surface area contributed by atoms with Crippen LogP contribution in [0.15, 0.2) is 35.5 Å². The summed E-state index contributed by atoms with van der Waals surface area (Å²) < 4.78 is 30.1. The first kappa shape index (κ1) is 23.4. The third kappa shape index (κ3) is 4.93. The van der Waals surface area contributed by atoms with Crippen molar-refractivity contribution in [3.8, 4) is 0 Å². The number of sulfonamides is 1. The van der Waals surface area contributed by atoms with Gasteiger partial charge in [0.05, 0.1) is 5.56 Å². The minimum Gasteiger partial charge on any atom is -0.369 e. The molecule has 2 aliphatic rings. The average Bonchev–Trinajstić information content (AvgIpc) is 3.24. The Bertz CT molecular complexity index is 1060. The molecule has 0 aliphatic carbocycles. The van der Waals surface area contributed by atoms with Crippen LogP contribution in [0.1, 0.15) is 23.7 Å². The van der Waals surface area contributed by atoms with Gasteiger partial charge in [-0.05, 0) is 24.6 Å². The molecule has 32 heavy (non-hydrogen) atoms. The number of amides is 1. The van der Waals surface area contributed by atoms with Crippen molar-refractivity contribution in [2.45, 2.75) is 24.9 Å². The van der Waals surface area contributed by atoms with E-state index in [4.69, 9.17) is 11.6 Å². The summed E-state index contributed by atoms with van der Waals surface area (Å²) in [6, 6.07) is 7.55. The third-order valence-corrected chi connectivity index (χ3v) is 8.72. The molecule has 1 aromatic heterocycles. The molecule has 2 saturated heterocycles. The number of carbonyl (C=O) groups is 1. The average molecular weight is 498 g/mol. The molecule has 174 valence electrons. The predicted octanol–water partition coefficient (Wildman–Crippen LogP) is 2.65. The first-order valence-electron chi connectivity index (χ1n) is 10.9. The number of hydrogen-bond acceptors (Lipinski definition) is 6. The van der Waals surface area contributed by atoms with Gasteiger partial charge in [0.15, 0.2) is 0 Å². The summed E-state index contributed by atoms with van der Waals surface area (Å²) in [5.74, 6) is 1.48. The molecule has 3 heterocycles. The van der Waals surface area contributed by atoms with E-state index in [1.807, 2.05) is 31.2 Å². The Morgan fingerprint density at radius 3 is 2.50 bits per heavy atom. The van der Waals surface area contributed by atoms with Crippen molar-refractivity contribution in [2.24, 2.45) is 0 Å². The Balaban J connectivity index is 1.56. The molecule has 1 aromatic carbocycles. The van der Waals surface area contributed by atoms with E-state index in [-0.39, 0.29) is 16.5 Å².